The lowest BCUT2D eigenvalue weighted by Gasteiger charge is -2.18. The minimum atomic E-state index is -0.647. The maximum Gasteiger partial charge on any atom is 0.272 e. The van der Waals surface area contributed by atoms with Crippen molar-refractivity contribution in [3.05, 3.63) is 174 Å². The Morgan fingerprint density at radius 3 is 2.24 bits per heavy atom. The molecule has 55 heavy (non-hydrogen) atoms. The molecule has 0 spiro atoms. The Kier molecular flexibility index (Phi) is 11.0. The molecule has 1 heterocycles. The molecule has 0 radical (unpaired) electrons. The van der Waals surface area contributed by atoms with Crippen LogP contribution in [0.5, 0.6) is 11.5 Å². The second-order valence-corrected chi connectivity index (χ2v) is 13.4. The lowest BCUT2D eigenvalue weighted by atomic mass is 10.1. The van der Waals surface area contributed by atoms with Gasteiger partial charge in [-0.25, -0.2) is 4.98 Å². The number of anilines is 2. The number of amides is 3. The molecule has 6 aromatic carbocycles. The summed E-state index contributed by atoms with van der Waals surface area (Å²) in [7, 11) is 1.44. The van der Waals surface area contributed by atoms with Crippen molar-refractivity contribution in [1.82, 2.24) is 10.3 Å². The van der Waals surface area contributed by atoms with E-state index in [2.05, 4.69) is 20.9 Å². The van der Waals surface area contributed by atoms with E-state index in [1.165, 1.54) is 37.1 Å². The van der Waals surface area contributed by atoms with Crippen molar-refractivity contribution >= 4 is 58.0 Å². The molecule has 0 bridgehead atoms. The number of oxazole rings is 1. The van der Waals surface area contributed by atoms with Crippen molar-refractivity contribution in [2.45, 2.75) is 10.1 Å². The maximum absolute atomic E-state index is 13.9. The van der Waals surface area contributed by atoms with Crippen molar-refractivity contribution in [3.63, 3.8) is 0 Å². The molecule has 10 nitrogen and oxygen atoms in total. The largest absolute Gasteiger partial charge is 0.508 e. The van der Waals surface area contributed by atoms with Crippen LogP contribution in [0, 0.1) is 0 Å². The van der Waals surface area contributed by atoms with Gasteiger partial charge in [0.15, 0.2) is 5.58 Å². The Morgan fingerprint density at radius 1 is 0.764 bits per heavy atom. The van der Waals surface area contributed by atoms with Gasteiger partial charge in [0, 0.05) is 39.0 Å². The third kappa shape index (κ3) is 8.93. The quantitative estimate of drug-likeness (QED) is 0.0717. The number of phenols is 1. The second kappa shape index (κ2) is 16.7. The summed E-state index contributed by atoms with van der Waals surface area (Å²) < 4.78 is 11.3. The summed E-state index contributed by atoms with van der Waals surface area (Å²) in [5.74, 6) is -0.537. The number of nitrogens with zero attached hydrogens (tertiary/aromatic N) is 1. The zero-order chi connectivity index (χ0) is 38.1. The number of carbonyl (C=O) groups excluding carboxylic acids is 3. The maximum atomic E-state index is 13.9. The van der Waals surface area contributed by atoms with Crippen LogP contribution in [-0.2, 0) is 9.59 Å². The molecule has 1 aromatic heterocycles. The van der Waals surface area contributed by atoms with E-state index in [0.29, 0.717) is 44.6 Å². The van der Waals surface area contributed by atoms with Crippen LogP contribution in [0.1, 0.15) is 26.7 Å². The number of para-hydroxylation sites is 2. The van der Waals surface area contributed by atoms with Crippen molar-refractivity contribution in [3.8, 4) is 23.0 Å². The fraction of sp³-hybridized carbons (Fsp3) is 0.0455. The molecule has 3 amide bonds. The van der Waals surface area contributed by atoms with E-state index in [0.717, 1.165) is 16.6 Å². The minimum Gasteiger partial charge on any atom is -0.508 e. The van der Waals surface area contributed by atoms with Crippen LogP contribution >= 0.6 is 11.8 Å². The van der Waals surface area contributed by atoms with Gasteiger partial charge in [-0.15, -0.1) is 11.8 Å². The SMILES string of the molecule is COc1cc(O)ccc1/C=C(/NC(=O)c1ccccc1)C(=O)Nc1cccc(SC(C(=O)Nc2ccc(-c3nc4ccccc4o3)cc2)c2ccccc2)c1. The predicted molar refractivity (Wildman–Crippen MR) is 215 cm³/mol. The summed E-state index contributed by atoms with van der Waals surface area (Å²) in [5, 5.41) is 17.9. The number of ether oxygens (including phenoxy) is 1. The van der Waals surface area contributed by atoms with Crippen LogP contribution in [0.3, 0.4) is 0 Å². The van der Waals surface area contributed by atoms with Crippen LogP contribution in [0.4, 0.5) is 11.4 Å². The van der Waals surface area contributed by atoms with Crippen molar-refractivity contribution in [2.75, 3.05) is 17.7 Å². The average molecular weight is 747 g/mol. The van der Waals surface area contributed by atoms with Gasteiger partial charge in [-0.1, -0.05) is 66.7 Å². The zero-order valence-corrected chi connectivity index (χ0v) is 30.2. The first-order valence-corrected chi connectivity index (χ1v) is 18.1. The van der Waals surface area contributed by atoms with Crippen molar-refractivity contribution < 1.29 is 28.6 Å². The first kappa shape index (κ1) is 36.3. The number of hydrogen-bond acceptors (Lipinski definition) is 8. The van der Waals surface area contributed by atoms with Gasteiger partial charge in [0.25, 0.3) is 11.8 Å². The average Bonchev–Trinajstić information content (AvgIpc) is 3.66. The molecule has 7 rings (SSSR count). The standard InChI is InChI=1S/C44H34N4O6S/c1-53-39-27-34(49)24-21-31(39)25-37(47-41(50)29-13-6-3-7-14-29)42(51)46-33-15-10-16-35(26-33)55-40(28-11-4-2-5-12-28)43(52)45-32-22-19-30(20-23-32)44-48-36-17-8-9-18-38(36)54-44/h2-27,40,49H,1H3,(H,45,52)(H,46,51)(H,47,50)/b37-25+. The van der Waals surface area contributed by atoms with Crippen molar-refractivity contribution in [2.24, 2.45) is 0 Å². The number of aromatic hydroxyl groups is 1. The summed E-state index contributed by atoms with van der Waals surface area (Å²) in [6.07, 6.45) is 1.47. The molecule has 1 atom stereocenters. The molecule has 0 saturated carbocycles. The van der Waals surface area contributed by atoms with E-state index >= 15 is 0 Å². The Balaban J connectivity index is 1.10. The highest BCUT2D eigenvalue weighted by Gasteiger charge is 2.23. The monoisotopic (exact) mass is 746 g/mol. The highest BCUT2D eigenvalue weighted by Crippen LogP contribution is 2.37. The molecular formula is C44H34N4O6S. The molecule has 11 heteroatoms. The number of aromatic nitrogens is 1. The Bertz CT molecular complexity index is 2470. The van der Waals surface area contributed by atoms with Gasteiger partial charge in [0.05, 0.1) is 7.11 Å². The van der Waals surface area contributed by atoms with Gasteiger partial charge in [-0.05, 0) is 90.5 Å². The fourth-order valence-electron chi connectivity index (χ4n) is 5.70. The molecule has 0 aliphatic carbocycles. The molecule has 0 fully saturated rings. The lowest BCUT2D eigenvalue weighted by molar-refractivity contribution is -0.116. The first-order valence-electron chi connectivity index (χ1n) is 17.2. The van der Waals surface area contributed by atoms with Crippen molar-refractivity contribution in [1.29, 1.82) is 0 Å². The number of methoxy groups -OCH3 is 1. The third-order valence-electron chi connectivity index (χ3n) is 8.43. The van der Waals surface area contributed by atoms with Gasteiger partial charge >= 0.3 is 0 Å². The summed E-state index contributed by atoms with van der Waals surface area (Å²) in [4.78, 5) is 46.2. The van der Waals surface area contributed by atoms with Gasteiger partial charge in [0.1, 0.15) is 28.0 Å². The Hall–Kier alpha value is -7.11. The normalized spacial score (nSPS) is 11.8. The predicted octanol–water partition coefficient (Wildman–Crippen LogP) is 9.09. The van der Waals surface area contributed by atoms with Crippen LogP contribution in [0.15, 0.2) is 167 Å². The van der Waals surface area contributed by atoms with Gasteiger partial charge < -0.3 is 30.2 Å². The lowest BCUT2D eigenvalue weighted by Crippen LogP contribution is -2.30. The molecule has 7 aromatic rings. The molecular weight excluding hydrogens is 713 g/mol. The highest BCUT2D eigenvalue weighted by atomic mass is 32.2. The van der Waals surface area contributed by atoms with Crippen LogP contribution < -0.4 is 20.7 Å². The van der Waals surface area contributed by atoms with E-state index < -0.39 is 17.1 Å². The van der Waals surface area contributed by atoms with Crippen LogP contribution in [-0.4, -0.2) is 34.9 Å². The smallest absolute Gasteiger partial charge is 0.272 e. The number of nitrogens with one attached hydrogen (secondary N) is 3. The number of benzene rings is 6. The van der Waals surface area contributed by atoms with Gasteiger partial charge in [-0.2, -0.15) is 0 Å². The van der Waals surface area contributed by atoms with Crippen LogP contribution in [0.25, 0.3) is 28.6 Å². The van der Waals surface area contributed by atoms with Gasteiger partial charge in [0.2, 0.25) is 11.8 Å². The molecule has 4 N–H and O–H groups in total. The van der Waals surface area contributed by atoms with Crippen LogP contribution in [0.2, 0.25) is 0 Å². The molecule has 272 valence electrons. The highest BCUT2D eigenvalue weighted by molar-refractivity contribution is 8.00. The number of hydrogen-bond donors (Lipinski definition) is 4. The summed E-state index contributed by atoms with van der Waals surface area (Å²) >= 11 is 1.33. The minimum absolute atomic E-state index is 0.0143. The number of rotatable bonds is 12. The molecule has 0 aliphatic heterocycles. The number of thioether (sulfide) groups is 1. The third-order valence-corrected chi connectivity index (χ3v) is 9.67. The molecule has 0 saturated heterocycles. The molecule has 1 unspecified atom stereocenters. The Labute approximate surface area is 320 Å². The summed E-state index contributed by atoms with van der Waals surface area (Å²) in [6.45, 7) is 0. The van der Waals surface area contributed by atoms with E-state index in [-0.39, 0.29) is 17.4 Å². The van der Waals surface area contributed by atoms with E-state index in [9.17, 15) is 19.5 Å². The first-order chi connectivity index (χ1) is 26.8. The van der Waals surface area contributed by atoms with E-state index in [4.69, 9.17) is 9.15 Å². The summed E-state index contributed by atoms with van der Waals surface area (Å²) in [6, 6.07) is 44.4. The summed E-state index contributed by atoms with van der Waals surface area (Å²) in [5.41, 5.74) is 4.84. The molecule has 0 aliphatic rings. The second-order valence-electron chi connectivity index (χ2n) is 12.2. The van der Waals surface area contributed by atoms with E-state index in [1.54, 1.807) is 66.7 Å². The van der Waals surface area contributed by atoms with Gasteiger partial charge in [-0.3, -0.25) is 14.4 Å². The zero-order valence-electron chi connectivity index (χ0n) is 29.4. The Morgan fingerprint density at radius 2 is 1.49 bits per heavy atom. The number of fused-ring (bicyclic) bond motifs is 1. The number of carbonyl (C=O) groups is 3. The fourth-order valence-corrected chi connectivity index (χ4v) is 6.78. The van der Waals surface area contributed by atoms with E-state index in [1.807, 2.05) is 72.8 Å². The number of phenolic OH excluding ortho intramolecular Hbond substituents is 1. The topological polar surface area (TPSA) is 143 Å².